The van der Waals surface area contributed by atoms with Gasteiger partial charge in [-0.25, -0.2) is 0 Å². The molecule has 0 heterocycles. The van der Waals surface area contributed by atoms with Crippen molar-refractivity contribution in [2.24, 2.45) is 0 Å². The minimum atomic E-state index is 0. The zero-order valence-electron chi connectivity index (χ0n) is 2.79. The molecule has 4 heavy (non-hydrogen) atoms. The van der Waals surface area contributed by atoms with Gasteiger partial charge in [0.2, 0.25) is 0 Å². The van der Waals surface area contributed by atoms with Crippen LogP contribution >= 0.6 is 0 Å². The first-order chi connectivity index (χ1) is 1.41. The van der Waals surface area contributed by atoms with E-state index in [1.165, 1.54) is 0 Å². The summed E-state index contributed by atoms with van der Waals surface area (Å²) < 4.78 is 0. The summed E-state index contributed by atoms with van der Waals surface area (Å²) in [5.74, 6) is 0. The van der Waals surface area contributed by atoms with Crippen LogP contribution in [0.2, 0.25) is 0 Å². The molecular formula is C3H7Re-. The molecule has 0 fully saturated rings. The molecule has 0 aromatic heterocycles. The van der Waals surface area contributed by atoms with Crippen LogP contribution in [0.5, 0.6) is 0 Å². The molecule has 27 valence electrons. The molecule has 0 unspecified atom stereocenters. The molecule has 0 nitrogen and oxygen atoms in total. The molecule has 0 spiro atoms. The first kappa shape index (κ1) is 8.82. The third kappa shape index (κ3) is 16.8. The SMILES string of the molecule is [CH2-]CC.[Re]. The van der Waals surface area contributed by atoms with Gasteiger partial charge in [0.05, 0.1) is 0 Å². The van der Waals surface area contributed by atoms with Crippen molar-refractivity contribution < 1.29 is 20.4 Å². The van der Waals surface area contributed by atoms with Gasteiger partial charge in [-0.3, -0.25) is 0 Å². The van der Waals surface area contributed by atoms with Crippen LogP contribution in [0.25, 0.3) is 0 Å². The standard InChI is InChI=1S/C3H7.Re/c1-3-2;/h1,3H2,2H3;/q-1;. The normalized spacial score (nSPS) is 4.50. The second kappa shape index (κ2) is 9.39. The summed E-state index contributed by atoms with van der Waals surface area (Å²) >= 11 is 0. The van der Waals surface area contributed by atoms with Crippen molar-refractivity contribution in [3.63, 3.8) is 0 Å². The van der Waals surface area contributed by atoms with E-state index < -0.39 is 0 Å². The second-order valence-corrected chi connectivity index (χ2v) is 0.500. The number of hydrogen-bond acceptors (Lipinski definition) is 0. The Morgan fingerprint density at radius 2 is 1.75 bits per heavy atom. The Morgan fingerprint density at radius 3 is 1.75 bits per heavy atom. The molecule has 0 aliphatic carbocycles. The van der Waals surface area contributed by atoms with Crippen LogP contribution in [0.1, 0.15) is 13.3 Å². The van der Waals surface area contributed by atoms with Crippen molar-refractivity contribution >= 4 is 0 Å². The van der Waals surface area contributed by atoms with Gasteiger partial charge in [-0.05, 0) is 0 Å². The maximum absolute atomic E-state index is 3.49. The Bertz CT molecular complexity index is 3.25. The summed E-state index contributed by atoms with van der Waals surface area (Å²) in [6, 6.07) is 0. The largest absolute Gasteiger partial charge is 0.344 e. The van der Waals surface area contributed by atoms with Crippen LogP contribution in [0.15, 0.2) is 0 Å². The van der Waals surface area contributed by atoms with E-state index in [-0.39, 0.29) is 20.4 Å². The van der Waals surface area contributed by atoms with Crippen molar-refractivity contribution in [3.05, 3.63) is 6.92 Å². The summed E-state index contributed by atoms with van der Waals surface area (Å²) in [6.07, 6.45) is 1.00. The number of hydrogen-bond donors (Lipinski definition) is 0. The fraction of sp³-hybridized carbons (Fsp3) is 0.667. The molecule has 1 radical (unpaired) electrons. The molecular weight excluding hydrogens is 222 g/mol. The average Bonchev–Trinajstić information content (AvgIpc) is 0.918. The van der Waals surface area contributed by atoms with Gasteiger partial charge in [0.25, 0.3) is 0 Å². The van der Waals surface area contributed by atoms with E-state index in [0.29, 0.717) is 0 Å². The predicted octanol–water partition coefficient (Wildman–Crippen LogP) is 1.23. The van der Waals surface area contributed by atoms with Crippen molar-refractivity contribution in [3.8, 4) is 0 Å². The molecule has 0 aromatic carbocycles. The Morgan fingerprint density at radius 1 is 1.75 bits per heavy atom. The zero-order valence-corrected chi connectivity index (χ0v) is 5.51. The molecule has 0 saturated carbocycles. The number of rotatable bonds is 0. The van der Waals surface area contributed by atoms with Crippen LogP contribution in [0.3, 0.4) is 0 Å². The van der Waals surface area contributed by atoms with Gasteiger partial charge < -0.3 is 6.92 Å². The van der Waals surface area contributed by atoms with E-state index in [4.69, 9.17) is 0 Å². The summed E-state index contributed by atoms with van der Waals surface area (Å²) in [6.45, 7) is 5.50. The smallest absolute Gasteiger partial charge is 0 e. The minimum absolute atomic E-state index is 0. The van der Waals surface area contributed by atoms with Crippen molar-refractivity contribution in [1.29, 1.82) is 0 Å². The third-order valence-electron chi connectivity index (χ3n) is 0. The van der Waals surface area contributed by atoms with E-state index >= 15 is 0 Å². The Balaban J connectivity index is 0. The summed E-state index contributed by atoms with van der Waals surface area (Å²) in [5, 5.41) is 0. The Labute approximate surface area is 41.2 Å². The topological polar surface area (TPSA) is 0 Å². The first-order valence-corrected chi connectivity index (χ1v) is 1.21. The summed E-state index contributed by atoms with van der Waals surface area (Å²) in [7, 11) is 0. The van der Waals surface area contributed by atoms with Gasteiger partial charge in [0, 0.05) is 20.4 Å². The zero-order chi connectivity index (χ0) is 2.71. The van der Waals surface area contributed by atoms with Crippen molar-refractivity contribution in [2.45, 2.75) is 13.3 Å². The van der Waals surface area contributed by atoms with Crippen LogP contribution < -0.4 is 0 Å². The molecule has 0 aliphatic rings. The molecule has 0 bridgehead atoms. The summed E-state index contributed by atoms with van der Waals surface area (Å²) in [5.41, 5.74) is 0. The fourth-order valence-corrected chi connectivity index (χ4v) is 0. The van der Waals surface area contributed by atoms with Gasteiger partial charge in [-0.2, -0.15) is 6.42 Å². The van der Waals surface area contributed by atoms with Gasteiger partial charge in [-0.1, -0.05) is 6.92 Å². The molecule has 0 N–H and O–H groups in total. The molecule has 0 aromatic rings. The third-order valence-corrected chi connectivity index (χ3v) is 0. The quantitative estimate of drug-likeness (QED) is 0.548. The van der Waals surface area contributed by atoms with E-state index in [9.17, 15) is 0 Å². The predicted molar refractivity (Wildman–Crippen MR) is 15.6 cm³/mol. The van der Waals surface area contributed by atoms with E-state index in [2.05, 4.69) is 6.92 Å². The molecule has 0 amide bonds. The van der Waals surface area contributed by atoms with Crippen LogP contribution in [-0.2, 0) is 20.4 Å². The van der Waals surface area contributed by atoms with Crippen molar-refractivity contribution in [1.82, 2.24) is 0 Å². The molecule has 0 atom stereocenters. The molecule has 0 rings (SSSR count). The van der Waals surface area contributed by atoms with Crippen molar-refractivity contribution in [2.75, 3.05) is 0 Å². The maximum atomic E-state index is 3.49. The van der Waals surface area contributed by atoms with Crippen LogP contribution in [-0.4, -0.2) is 0 Å². The molecule has 0 aliphatic heterocycles. The molecule has 0 saturated heterocycles. The molecule has 1 heteroatoms. The average molecular weight is 229 g/mol. The Kier molecular flexibility index (Phi) is 20.7. The Hall–Kier alpha value is 0.662. The van der Waals surface area contributed by atoms with Crippen LogP contribution in [0, 0.1) is 6.92 Å². The van der Waals surface area contributed by atoms with Gasteiger partial charge in [-0.15, -0.1) is 0 Å². The second-order valence-electron chi connectivity index (χ2n) is 0.500. The van der Waals surface area contributed by atoms with Gasteiger partial charge in [0.1, 0.15) is 0 Å². The minimum Gasteiger partial charge on any atom is -0.344 e. The fourth-order valence-electron chi connectivity index (χ4n) is 0. The van der Waals surface area contributed by atoms with E-state index in [1.54, 1.807) is 0 Å². The monoisotopic (exact) mass is 230 g/mol. The van der Waals surface area contributed by atoms with E-state index in [0.717, 1.165) is 6.42 Å². The summed E-state index contributed by atoms with van der Waals surface area (Å²) in [4.78, 5) is 0. The van der Waals surface area contributed by atoms with Gasteiger partial charge >= 0.3 is 0 Å². The van der Waals surface area contributed by atoms with Gasteiger partial charge in [0.15, 0.2) is 0 Å². The maximum Gasteiger partial charge on any atom is 0 e. The van der Waals surface area contributed by atoms with Crippen LogP contribution in [0.4, 0.5) is 0 Å². The van der Waals surface area contributed by atoms with E-state index in [1.807, 2.05) is 6.92 Å². The first-order valence-electron chi connectivity index (χ1n) is 1.21.